The van der Waals surface area contributed by atoms with Crippen LogP contribution in [0.5, 0.6) is 0 Å². The molecule has 1 heteroatoms. The summed E-state index contributed by atoms with van der Waals surface area (Å²) < 4.78 is 0. The summed E-state index contributed by atoms with van der Waals surface area (Å²) in [4.78, 5) is 3.80. The predicted molar refractivity (Wildman–Crippen MR) is 51.0 cm³/mol. The summed E-state index contributed by atoms with van der Waals surface area (Å²) in [7, 11) is 1.76. The molecule has 0 aromatic heterocycles. The third kappa shape index (κ3) is 4.61. The highest BCUT2D eigenvalue weighted by Gasteiger charge is 1.99. The first-order chi connectivity index (χ1) is 5.22. The van der Waals surface area contributed by atoms with Gasteiger partial charge in [-0.2, -0.15) is 0 Å². The Morgan fingerprint density at radius 3 is 2.73 bits per heavy atom. The molecule has 0 aromatic rings. The standard InChI is InChI=1S/C10H18N/c1-5-9(2)10(3)7-6-8-11-4/h7,9H,5-6H2,1-4H3/q+1/b10-7-/t9-/m1/s1. The van der Waals surface area contributed by atoms with Gasteiger partial charge in [0.05, 0.1) is 6.42 Å². The van der Waals surface area contributed by atoms with E-state index < -0.39 is 0 Å². The molecular weight excluding hydrogens is 134 g/mol. The summed E-state index contributed by atoms with van der Waals surface area (Å²) in [5.74, 6) is 0.702. The molecule has 0 radical (unpaired) electrons. The summed E-state index contributed by atoms with van der Waals surface area (Å²) in [5, 5.41) is 0. The predicted octanol–water partition coefficient (Wildman–Crippen LogP) is 3.33. The molecule has 0 bridgehead atoms. The fourth-order valence-corrected chi connectivity index (χ4v) is 0.821. The van der Waals surface area contributed by atoms with E-state index in [1.807, 2.05) is 0 Å². The molecule has 0 saturated carbocycles. The van der Waals surface area contributed by atoms with Crippen molar-refractivity contribution in [3.63, 3.8) is 0 Å². The van der Waals surface area contributed by atoms with E-state index in [2.05, 4.69) is 37.8 Å². The van der Waals surface area contributed by atoms with Crippen LogP contribution in [-0.4, -0.2) is 7.05 Å². The molecule has 0 fully saturated rings. The normalized spacial score (nSPS) is 13.6. The van der Waals surface area contributed by atoms with E-state index in [0.717, 1.165) is 6.42 Å². The molecule has 1 atom stereocenters. The lowest BCUT2D eigenvalue weighted by Gasteiger charge is -2.06. The lowest BCUT2D eigenvalue weighted by Crippen LogP contribution is -1.92. The Kier molecular flexibility index (Phi) is 5.56. The maximum absolute atomic E-state index is 3.80. The molecule has 1 nitrogen and oxygen atoms in total. The van der Waals surface area contributed by atoms with Gasteiger partial charge in [0.15, 0.2) is 0 Å². The number of allylic oxidation sites excluding steroid dienone is 2. The smallest absolute Gasteiger partial charge is 0.0867 e. The van der Waals surface area contributed by atoms with Crippen LogP contribution in [0.2, 0.25) is 0 Å². The molecule has 0 rings (SSSR count). The van der Waals surface area contributed by atoms with Crippen molar-refractivity contribution in [1.29, 1.82) is 0 Å². The molecule has 0 N–H and O–H groups in total. The van der Waals surface area contributed by atoms with Crippen molar-refractivity contribution >= 4 is 0 Å². The van der Waals surface area contributed by atoms with E-state index in [-0.39, 0.29) is 0 Å². The average molecular weight is 152 g/mol. The molecule has 0 saturated heterocycles. The van der Waals surface area contributed by atoms with Crippen LogP contribution in [0.3, 0.4) is 0 Å². The van der Waals surface area contributed by atoms with Gasteiger partial charge in [0.2, 0.25) is 0 Å². The van der Waals surface area contributed by atoms with Crippen LogP contribution >= 0.6 is 0 Å². The van der Waals surface area contributed by atoms with E-state index in [4.69, 9.17) is 0 Å². The topological polar surface area (TPSA) is 4.36 Å². The largest absolute Gasteiger partial charge is 0.276 e. The summed E-state index contributed by atoms with van der Waals surface area (Å²) in [5.41, 5.74) is 1.45. The van der Waals surface area contributed by atoms with Crippen molar-refractivity contribution in [2.24, 2.45) is 5.92 Å². The summed E-state index contributed by atoms with van der Waals surface area (Å²) in [6, 6.07) is 2.91. The Labute approximate surface area is 69.9 Å². The van der Waals surface area contributed by atoms with E-state index in [9.17, 15) is 0 Å². The zero-order valence-corrected chi connectivity index (χ0v) is 8.02. The van der Waals surface area contributed by atoms with Crippen LogP contribution in [-0.2, 0) is 0 Å². The SMILES string of the molecule is CC[C@@H](C)/C(C)=C\CC#[N+]C. The van der Waals surface area contributed by atoms with Crippen molar-refractivity contribution < 1.29 is 0 Å². The van der Waals surface area contributed by atoms with Gasteiger partial charge in [-0.3, -0.25) is 0 Å². The Morgan fingerprint density at radius 2 is 2.27 bits per heavy atom. The summed E-state index contributed by atoms with van der Waals surface area (Å²) in [6.07, 6.45) is 4.26. The van der Waals surface area contributed by atoms with Crippen molar-refractivity contribution in [2.75, 3.05) is 7.05 Å². The molecule has 0 aliphatic rings. The maximum Gasteiger partial charge on any atom is 0.276 e. The average Bonchev–Trinajstić information content (AvgIpc) is 2.03. The monoisotopic (exact) mass is 152 g/mol. The molecule has 0 spiro atoms. The van der Waals surface area contributed by atoms with Gasteiger partial charge in [-0.05, 0) is 19.3 Å². The Balaban J connectivity index is 3.86. The molecule has 0 amide bonds. The first kappa shape index (κ1) is 10.2. The fourth-order valence-electron chi connectivity index (χ4n) is 0.821. The molecular formula is C10H18N+. The van der Waals surface area contributed by atoms with Gasteiger partial charge in [0.1, 0.15) is 0 Å². The van der Waals surface area contributed by atoms with Gasteiger partial charge in [0.25, 0.3) is 13.1 Å². The minimum absolute atomic E-state index is 0.702. The highest BCUT2D eigenvalue weighted by Crippen LogP contribution is 2.13. The van der Waals surface area contributed by atoms with Crippen LogP contribution in [0.15, 0.2) is 11.6 Å². The van der Waals surface area contributed by atoms with Crippen LogP contribution in [0.1, 0.15) is 33.6 Å². The van der Waals surface area contributed by atoms with Crippen LogP contribution in [0.4, 0.5) is 0 Å². The summed E-state index contributed by atoms with van der Waals surface area (Å²) in [6.45, 7) is 6.63. The summed E-state index contributed by atoms with van der Waals surface area (Å²) >= 11 is 0. The molecule has 0 heterocycles. The lowest BCUT2D eigenvalue weighted by atomic mass is 9.99. The van der Waals surface area contributed by atoms with Gasteiger partial charge < -0.3 is 0 Å². The molecule has 0 aliphatic heterocycles. The van der Waals surface area contributed by atoms with Crippen molar-refractivity contribution in [3.05, 3.63) is 16.5 Å². The zero-order chi connectivity index (χ0) is 8.69. The van der Waals surface area contributed by atoms with Crippen LogP contribution in [0, 0.1) is 12.0 Å². The quantitative estimate of drug-likeness (QED) is 0.546. The number of hydrogen-bond acceptors (Lipinski definition) is 0. The Hall–Kier alpha value is -0.770. The van der Waals surface area contributed by atoms with Crippen molar-refractivity contribution in [2.45, 2.75) is 33.6 Å². The van der Waals surface area contributed by atoms with Gasteiger partial charge >= 0.3 is 0 Å². The Morgan fingerprint density at radius 1 is 1.64 bits per heavy atom. The lowest BCUT2D eigenvalue weighted by molar-refractivity contribution is 0.653. The highest BCUT2D eigenvalue weighted by atomic mass is 14.6. The maximum atomic E-state index is 3.80. The fraction of sp³-hybridized carbons (Fsp3) is 0.700. The van der Waals surface area contributed by atoms with Gasteiger partial charge in [-0.1, -0.05) is 30.3 Å². The third-order valence-electron chi connectivity index (χ3n) is 2.06. The number of rotatable bonds is 3. The van der Waals surface area contributed by atoms with Crippen LogP contribution in [0.25, 0.3) is 4.85 Å². The zero-order valence-electron chi connectivity index (χ0n) is 8.02. The molecule has 0 unspecified atom stereocenters. The van der Waals surface area contributed by atoms with Gasteiger partial charge in [0, 0.05) is 0 Å². The van der Waals surface area contributed by atoms with Crippen molar-refractivity contribution in [3.8, 4) is 6.07 Å². The first-order valence-corrected chi connectivity index (χ1v) is 4.20. The third-order valence-corrected chi connectivity index (χ3v) is 2.06. The van der Waals surface area contributed by atoms with Crippen molar-refractivity contribution in [1.82, 2.24) is 0 Å². The minimum atomic E-state index is 0.702. The second kappa shape index (κ2) is 5.97. The van der Waals surface area contributed by atoms with E-state index in [0.29, 0.717) is 5.92 Å². The molecule has 62 valence electrons. The van der Waals surface area contributed by atoms with Gasteiger partial charge in [-0.15, -0.1) is 0 Å². The number of hydrogen-bond donors (Lipinski definition) is 0. The minimum Gasteiger partial charge on any atom is -0.0867 e. The second-order valence-corrected chi connectivity index (χ2v) is 2.84. The van der Waals surface area contributed by atoms with Crippen LogP contribution < -0.4 is 0 Å². The highest BCUT2D eigenvalue weighted by molar-refractivity contribution is 5.06. The molecule has 0 aliphatic carbocycles. The van der Waals surface area contributed by atoms with Gasteiger partial charge in [-0.25, -0.2) is 0 Å². The molecule has 0 aromatic carbocycles. The Bertz CT molecular complexity index is 181. The van der Waals surface area contributed by atoms with E-state index in [1.165, 1.54) is 12.0 Å². The first-order valence-electron chi connectivity index (χ1n) is 4.20. The second-order valence-electron chi connectivity index (χ2n) is 2.84. The van der Waals surface area contributed by atoms with E-state index >= 15 is 0 Å². The van der Waals surface area contributed by atoms with E-state index in [1.54, 1.807) is 7.05 Å². The number of nitrogens with zero attached hydrogens (tertiary/aromatic N) is 1. The molecule has 11 heavy (non-hydrogen) atoms.